The fourth-order valence-corrected chi connectivity index (χ4v) is 2.22. The molecule has 1 unspecified atom stereocenters. The molecule has 0 aliphatic rings. The molecule has 1 N–H and O–H groups in total. The van der Waals surface area contributed by atoms with E-state index in [0.29, 0.717) is 6.54 Å². The number of unbranched alkanes of at least 4 members (excludes halogenated alkanes) is 3. The number of anilines is 1. The largest absolute Gasteiger partial charge is 0.481 e. The highest BCUT2D eigenvalue weighted by molar-refractivity contribution is 5.70. The molecule has 0 fully saturated rings. The van der Waals surface area contributed by atoms with Crippen LogP contribution in [0, 0.1) is 12.8 Å². The Morgan fingerprint density at radius 2 is 1.85 bits per heavy atom. The van der Waals surface area contributed by atoms with E-state index in [1.54, 1.807) is 6.92 Å². The third-order valence-corrected chi connectivity index (χ3v) is 3.60. The number of hydrogen-bond acceptors (Lipinski definition) is 2. The van der Waals surface area contributed by atoms with Crippen LogP contribution < -0.4 is 4.90 Å². The molecule has 0 saturated heterocycles. The molecule has 1 atom stereocenters. The first kappa shape index (κ1) is 16.5. The van der Waals surface area contributed by atoms with E-state index < -0.39 is 5.97 Å². The molecule has 0 spiro atoms. The van der Waals surface area contributed by atoms with E-state index in [0.717, 1.165) is 18.7 Å². The van der Waals surface area contributed by atoms with E-state index in [2.05, 4.69) is 43.0 Å². The van der Waals surface area contributed by atoms with Crippen molar-refractivity contribution in [2.24, 2.45) is 5.92 Å². The quantitative estimate of drug-likeness (QED) is 0.691. The van der Waals surface area contributed by atoms with Gasteiger partial charge >= 0.3 is 5.97 Å². The molecule has 0 amide bonds. The summed E-state index contributed by atoms with van der Waals surface area (Å²) in [5, 5.41) is 9.10. The minimum Gasteiger partial charge on any atom is -0.481 e. The third kappa shape index (κ3) is 5.64. The SMILES string of the molecule is CCCCCCN(CC(C)C(=O)O)c1ccc(C)cc1. The maximum atomic E-state index is 11.1. The molecule has 0 saturated carbocycles. The van der Waals surface area contributed by atoms with Gasteiger partial charge in [0, 0.05) is 18.8 Å². The molecule has 112 valence electrons. The molecule has 0 aliphatic carbocycles. The first-order valence-electron chi connectivity index (χ1n) is 7.59. The van der Waals surface area contributed by atoms with Gasteiger partial charge in [0.2, 0.25) is 0 Å². The molecule has 1 aromatic rings. The fourth-order valence-electron chi connectivity index (χ4n) is 2.22. The Bertz CT molecular complexity index is 400. The summed E-state index contributed by atoms with van der Waals surface area (Å²) in [5.41, 5.74) is 2.35. The summed E-state index contributed by atoms with van der Waals surface area (Å²) in [4.78, 5) is 13.3. The summed E-state index contributed by atoms with van der Waals surface area (Å²) in [6.07, 6.45) is 4.79. The summed E-state index contributed by atoms with van der Waals surface area (Å²) in [6, 6.07) is 8.34. The Kier molecular flexibility index (Phi) is 7.13. The lowest BCUT2D eigenvalue weighted by molar-refractivity contribution is -0.140. The van der Waals surface area contributed by atoms with Crippen molar-refractivity contribution in [3.8, 4) is 0 Å². The summed E-state index contributed by atoms with van der Waals surface area (Å²) < 4.78 is 0. The fraction of sp³-hybridized carbons (Fsp3) is 0.588. The zero-order valence-electron chi connectivity index (χ0n) is 12.9. The van der Waals surface area contributed by atoms with E-state index in [1.807, 2.05) is 0 Å². The molecule has 0 aromatic heterocycles. The van der Waals surface area contributed by atoms with Crippen molar-refractivity contribution in [2.45, 2.75) is 46.5 Å². The number of carboxylic acids is 1. The van der Waals surface area contributed by atoms with Gasteiger partial charge in [-0.3, -0.25) is 4.79 Å². The van der Waals surface area contributed by atoms with Crippen LogP contribution in [0.2, 0.25) is 0 Å². The number of benzene rings is 1. The molecule has 0 aliphatic heterocycles. The molecule has 0 heterocycles. The summed E-state index contributed by atoms with van der Waals surface area (Å²) in [5.74, 6) is -1.07. The summed E-state index contributed by atoms with van der Waals surface area (Å²) in [6.45, 7) is 7.54. The van der Waals surface area contributed by atoms with E-state index in [9.17, 15) is 4.79 Å². The highest BCUT2D eigenvalue weighted by Crippen LogP contribution is 2.18. The smallest absolute Gasteiger partial charge is 0.308 e. The van der Waals surface area contributed by atoms with Gasteiger partial charge < -0.3 is 10.0 Å². The number of aliphatic carboxylic acids is 1. The van der Waals surface area contributed by atoms with Gasteiger partial charge in [0.15, 0.2) is 0 Å². The standard InChI is InChI=1S/C17H27NO2/c1-4-5-6-7-12-18(13-15(3)17(19)20)16-10-8-14(2)9-11-16/h8-11,15H,4-7,12-13H2,1-3H3,(H,19,20). The normalized spacial score (nSPS) is 12.2. The molecular formula is C17H27NO2. The Balaban J connectivity index is 2.67. The molecule has 0 bridgehead atoms. The summed E-state index contributed by atoms with van der Waals surface area (Å²) in [7, 11) is 0. The van der Waals surface area contributed by atoms with Crippen LogP contribution in [-0.2, 0) is 4.79 Å². The number of rotatable bonds is 9. The lowest BCUT2D eigenvalue weighted by atomic mass is 10.1. The maximum Gasteiger partial charge on any atom is 0.308 e. The van der Waals surface area contributed by atoms with Gasteiger partial charge in [-0.25, -0.2) is 0 Å². The predicted octanol–water partition coefficient (Wildman–Crippen LogP) is 4.10. The van der Waals surface area contributed by atoms with Crippen LogP contribution in [-0.4, -0.2) is 24.2 Å². The molecular weight excluding hydrogens is 250 g/mol. The van der Waals surface area contributed by atoms with E-state index in [4.69, 9.17) is 5.11 Å². The van der Waals surface area contributed by atoms with Crippen LogP contribution >= 0.6 is 0 Å². The Morgan fingerprint density at radius 3 is 2.40 bits per heavy atom. The van der Waals surface area contributed by atoms with Crippen molar-refractivity contribution in [1.82, 2.24) is 0 Å². The van der Waals surface area contributed by atoms with E-state index in [-0.39, 0.29) is 5.92 Å². The van der Waals surface area contributed by atoms with Crippen LogP contribution in [0.3, 0.4) is 0 Å². The van der Waals surface area contributed by atoms with Crippen LogP contribution in [0.4, 0.5) is 5.69 Å². The van der Waals surface area contributed by atoms with Gasteiger partial charge in [0.1, 0.15) is 0 Å². The summed E-state index contributed by atoms with van der Waals surface area (Å²) >= 11 is 0. The molecule has 3 nitrogen and oxygen atoms in total. The zero-order chi connectivity index (χ0) is 15.0. The minimum atomic E-state index is -0.726. The number of carboxylic acid groups (broad SMARTS) is 1. The van der Waals surface area contributed by atoms with Crippen LogP contribution in [0.15, 0.2) is 24.3 Å². The molecule has 0 radical (unpaired) electrons. The monoisotopic (exact) mass is 277 g/mol. The number of hydrogen-bond donors (Lipinski definition) is 1. The first-order chi connectivity index (χ1) is 9.54. The predicted molar refractivity (Wildman–Crippen MR) is 84.3 cm³/mol. The van der Waals surface area contributed by atoms with Gasteiger partial charge in [-0.1, -0.05) is 50.8 Å². The Labute approximate surface area is 122 Å². The average Bonchev–Trinajstić information content (AvgIpc) is 2.43. The molecule has 20 heavy (non-hydrogen) atoms. The van der Waals surface area contributed by atoms with Gasteiger partial charge in [0.25, 0.3) is 0 Å². The second-order valence-electron chi connectivity index (χ2n) is 5.58. The van der Waals surface area contributed by atoms with Crippen molar-refractivity contribution < 1.29 is 9.90 Å². The topological polar surface area (TPSA) is 40.5 Å². The third-order valence-electron chi connectivity index (χ3n) is 3.60. The van der Waals surface area contributed by atoms with Crippen LogP contribution in [0.5, 0.6) is 0 Å². The first-order valence-corrected chi connectivity index (χ1v) is 7.59. The zero-order valence-corrected chi connectivity index (χ0v) is 12.9. The number of nitrogens with zero attached hydrogens (tertiary/aromatic N) is 1. The van der Waals surface area contributed by atoms with Crippen molar-refractivity contribution in [3.63, 3.8) is 0 Å². The maximum absolute atomic E-state index is 11.1. The van der Waals surface area contributed by atoms with Crippen LogP contribution in [0.25, 0.3) is 0 Å². The average molecular weight is 277 g/mol. The second-order valence-corrected chi connectivity index (χ2v) is 5.58. The highest BCUT2D eigenvalue weighted by Gasteiger charge is 2.16. The second kappa shape index (κ2) is 8.62. The highest BCUT2D eigenvalue weighted by atomic mass is 16.4. The molecule has 1 rings (SSSR count). The Hall–Kier alpha value is -1.51. The van der Waals surface area contributed by atoms with Crippen molar-refractivity contribution >= 4 is 11.7 Å². The van der Waals surface area contributed by atoms with Crippen molar-refractivity contribution in [2.75, 3.05) is 18.0 Å². The van der Waals surface area contributed by atoms with E-state index in [1.165, 1.54) is 24.8 Å². The lowest BCUT2D eigenvalue weighted by Crippen LogP contribution is -2.32. The van der Waals surface area contributed by atoms with Gasteiger partial charge in [-0.2, -0.15) is 0 Å². The molecule has 3 heteroatoms. The minimum absolute atomic E-state index is 0.345. The van der Waals surface area contributed by atoms with Crippen molar-refractivity contribution in [1.29, 1.82) is 0 Å². The van der Waals surface area contributed by atoms with Gasteiger partial charge in [0.05, 0.1) is 5.92 Å². The molecule has 1 aromatic carbocycles. The van der Waals surface area contributed by atoms with Gasteiger partial charge in [-0.15, -0.1) is 0 Å². The van der Waals surface area contributed by atoms with Crippen molar-refractivity contribution in [3.05, 3.63) is 29.8 Å². The van der Waals surface area contributed by atoms with Gasteiger partial charge in [-0.05, 0) is 25.5 Å². The number of aryl methyl sites for hydroxylation is 1. The van der Waals surface area contributed by atoms with E-state index >= 15 is 0 Å². The van der Waals surface area contributed by atoms with Crippen LogP contribution in [0.1, 0.15) is 45.1 Å². The lowest BCUT2D eigenvalue weighted by Gasteiger charge is -2.27. The number of carbonyl (C=O) groups is 1. The Morgan fingerprint density at radius 1 is 1.20 bits per heavy atom.